The smallest absolute Gasteiger partial charge is 0.119 e. The van der Waals surface area contributed by atoms with Crippen molar-refractivity contribution >= 4 is 16.6 Å². The summed E-state index contributed by atoms with van der Waals surface area (Å²) in [5.41, 5.74) is 1.69. The highest BCUT2D eigenvalue weighted by Gasteiger charge is 2.11. The van der Waals surface area contributed by atoms with Gasteiger partial charge >= 0.3 is 0 Å². The van der Waals surface area contributed by atoms with Gasteiger partial charge in [-0.05, 0) is 17.5 Å². The number of phenolic OH excluding ortho intramolecular Hbond substituents is 1. The van der Waals surface area contributed by atoms with Crippen LogP contribution in [0.2, 0.25) is 0 Å². The molecule has 0 aliphatic carbocycles. The van der Waals surface area contributed by atoms with Crippen LogP contribution in [0.3, 0.4) is 0 Å². The Hall–Kier alpha value is -0.950. The van der Waals surface area contributed by atoms with Gasteiger partial charge in [0.2, 0.25) is 0 Å². The summed E-state index contributed by atoms with van der Waals surface area (Å²) in [6.45, 7) is 7.69. The highest BCUT2D eigenvalue weighted by atomic mass is 35.5. The average molecular weight is 197 g/mol. The molecule has 0 saturated heterocycles. The second kappa shape index (κ2) is 3.84. The zero-order chi connectivity index (χ0) is 10.0. The Bertz CT molecular complexity index is 329. The van der Waals surface area contributed by atoms with Gasteiger partial charge in [-0.25, -0.2) is 0 Å². The molecule has 0 aliphatic heterocycles. The van der Waals surface area contributed by atoms with E-state index in [0.29, 0.717) is 5.03 Å². The summed E-state index contributed by atoms with van der Waals surface area (Å²) in [5.74, 6) is 0.529. The van der Waals surface area contributed by atoms with Crippen LogP contribution in [0.4, 0.5) is 0 Å². The van der Waals surface area contributed by atoms with Crippen molar-refractivity contribution in [2.75, 3.05) is 0 Å². The van der Waals surface area contributed by atoms with E-state index in [0.717, 1.165) is 11.1 Å². The third kappa shape index (κ3) is 2.04. The van der Waals surface area contributed by atoms with Gasteiger partial charge < -0.3 is 5.11 Å². The number of hydrogen-bond donors (Lipinski definition) is 1. The number of phenols is 1. The summed E-state index contributed by atoms with van der Waals surface area (Å²) in [7, 11) is 0. The number of benzene rings is 1. The molecule has 0 atom stereocenters. The maximum absolute atomic E-state index is 9.61. The van der Waals surface area contributed by atoms with Gasteiger partial charge in [-0.3, -0.25) is 0 Å². The number of hydrogen-bond acceptors (Lipinski definition) is 1. The van der Waals surface area contributed by atoms with Crippen molar-refractivity contribution in [3.05, 3.63) is 35.9 Å². The lowest BCUT2D eigenvalue weighted by Gasteiger charge is -2.13. The van der Waals surface area contributed by atoms with E-state index in [2.05, 4.69) is 6.58 Å². The standard InChI is InChI=1S/C11H13ClO/c1-7(2)11-9(8(3)12)5-4-6-10(11)13/h4-7,13H,3H2,1-2H3. The molecule has 0 fully saturated rings. The van der Waals surface area contributed by atoms with E-state index >= 15 is 0 Å². The molecular weight excluding hydrogens is 184 g/mol. The van der Waals surface area contributed by atoms with Crippen LogP contribution in [0.25, 0.3) is 5.03 Å². The zero-order valence-electron chi connectivity index (χ0n) is 7.84. The van der Waals surface area contributed by atoms with Crippen LogP contribution in [0.5, 0.6) is 5.75 Å². The van der Waals surface area contributed by atoms with E-state index in [1.54, 1.807) is 12.1 Å². The molecule has 70 valence electrons. The lowest BCUT2D eigenvalue weighted by Crippen LogP contribution is -1.93. The van der Waals surface area contributed by atoms with Crippen molar-refractivity contribution in [3.8, 4) is 5.75 Å². The fourth-order valence-corrected chi connectivity index (χ4v) is 1.56. The molecule has 0 saturated carbocycles. The molecule has 0 amide bonds. The lowest BCUT2D eigenvalue weighted by molar-refractivity contribution is 0.464. The molecule has 0 spiro atoms. The van der Waals surface area contributed by atoms with Gasteiger partial charge in [0.1, 0.15) is 5.75 Å². The van der Waals surface area contributed by atoms with Gasteiger partial charge in [-0.1, -0.05) is 44.2 Å². The molecule has 1 aromatic carbocycles. The first-order valence-corrected chi connectivity index (χ1v) is 4.58. The monoisotopic (exact) mass is 196 g/mol. The third-order valence-corrected chi connectivity index (χ3v) is 2.16. The fraction of sp³-hybridized carbons (Fsp3) is 0.273. The Morgan fingerprint density at radius 3 is 2.46 bits per heavy atom. The zero-order valence-corrected chi connectivity index (χ0v) is 8.60. The molecule has 1 N–H and O–H groups in total. The second-order valence-corrected chi connectivity index (χ2v) is 3.75. The fourth-order valence-electron chi connectivity index (χ4n) is 1.40. The number of halogens is 1. The van der Waals surface area contributed by atoms with Crippen molar-refractivity contribution in [2.45, 2.75) is 19.8 Å². The summed E-state index contributed by atoms with van der Waals surface area (Å²) in [6.07, 6.45) is 0. The van der Waals surface area contributed by atoms with E-state index in [9.17, 15) is 5.11 Å². The molecule has 0 aromatic heterocycles. The van der Waals surface area contributed by atoms with Crippen LogP contribution in [0.1, 0.15) is 30.9 Å². The van der Waals surface area contributed by atoms with E-state index in [1.165, 1.54) is 0 Å². The van der Waals surface area contributed by atoms with Crippen LogP contribution < -0.4 is 0 Å². The summed E-state index contributed by atoms with van der Waals surface area (Å²) in [6, 6.07) is 5.30. The maximum atomic E-state index is 9.61. The largest absolute Gasteiger partial charge is 0.508 e. The SMILES string of the molecule is C=C(Cl)c1cccc(O)c1C(C)C. The van der Waals surface area contributed by atoms with Crippen molar-refractivity contribution in [1.82, 2.24) is 0 Å². The van der Waals surface area contributed by atoms with Crippen molar-refractivity contribution < 1.29 is 5.11 Å². The minimum absolute atomic E-state index is 0.242. The molecule has 13 heavy (non-hydrogen) atoms. The van der Waals surface area contributed by atoms with Crippen LogP contribution in [0, 0.1) is 0 Å². The summed E-state index contributed by atoms with van der Waals surface area (Å²) < 4.78 is 0. The Morgan fingerprint density at radius 1 is 1.46 bits per heavy atom. The lowest BCUT2D eigenvalue weighted by atomic mass is 9.96. The first kappa shape index (κ1) is 10.1. The summed E-state index contributed by atoms with van der Waals surface area (Å²) >= 11 is 5.82. The van der Waals surface area contributed by atoms with E-state index in [4.69, 9.17) is 11.6 Å². The predicted octanol–water partition coefficient (Wildman–Crippen LogP) is 3.73. The molecule has 0 bridgehead atoms. The van der Waals surface area contributed by atoms with Gasteiger partial charge in [-0.15, -0.1) is 0 Å². The number of rotatable bonds is 2. The average Bonchev–Trinajstić information content (AvgIpc) is 2.02. The van der Waals surface area contributed by atoms with E-state index in [1.807, 2.05) is 19.9 Å². The van der Waals surface area contributed by atoms with E-state index < -0.39 is 0 Å². The van der Waals surface area contributed by atoms with Gasteiger partial charge in [0.05, 0.1) is 0 Å². The van der Waals surface area contributed by atoms with Crippen LogP contribution >= 0.6 is 11.6 Å². The van der Waals surface area contributed by atoms with Gasteiger partial charge in [-0.2, -0.15) is 0 Å². The highest BCUT2D eigenvalue weighted by molar-refractivity contribution is 6.48. The maximum Gasteiger partial charge on any atom is 0.119 e. The topological polar surface area (TPSA) is 20.2 Å². The Balaban J connectivity index is 3.34. The van der Waals surface area contributed by atoms with Crippen molar-refractivity contribution in [1.29, 1.82) is 0 Å². The predicted molar refractivity (Wildman–Crippen MR) is 57.1 cm³/mol. The third-order valence-electron chi connectivity index (χ3n) is 1.95. The molecule has 1 aromatic rings. The van der Waals surface area contributed by atoms with E-state index in [-0.39, 0.29) is 11.7 Å². The van der Waals surface area contributed by atoms with Gasteiger partial charge in [0.15, 0.2) is 0 Å². The molecule has 0 heterocycles. The minimum Gasteiger partial charge on any atom is -0.508 e. The molecule has 2 heteroatoms. The molecule has 1 nitrogen and oxygen atoms in total. The first-order chi connectivity index (χ1) is 6.04. The minimum atomic E-state index is 0.242. The van der Waals surface area contributed by atoms with Crippen LogP contribution in [-0.4, -0.2) is 5.11 Å². The van der Waals surface area contributed by atoms with Gasteiger partial charge in [0.25, 0.3) is 0 Å². The van der Waals surface area contributed by atoms with Crippen molar-refractivity contribution in [3.63, 3.8) is 0 Å². The quantitative estimate of drug-likeness (QED) is 0.765. The summed E-state index contributed by atoms with van der Waals surface area (Å²) in [4.78, 5) is 0. The van der Waals surface area contributed by atoms with Crippen LogP contribution in [-0.2, 0) is 0 Å². The Kier molecular flexibility index (Phi) is 2.99. The Labute approximate surface area is 83.7 Å². The molecule has 1 rings (SSSR count). The van der Waals surface area contributed by atoms with Crippen LogP contribution in [0.15, 0.2) is 24.8 Å². The Morgan fingerprint density at radius 2 is 2.08 bits per heavy atom. The van der Waals surface area contributed by atoms with Gasteiger partial charge in [0, 0.05) is 10.6 Å². The first-order valence-electron chi connectivity index (χ1n) is 4.20. The molecular formula is C11H13ClO. The second-order valence-electron chi connectivity index (χ2n) is 3.30. The highest BCUT2D eigenvalue weighted by Crippen LogP contribution is 2.33. The molecule has 0 aliphatic rings. The molecule has 0 unspecified atom stereocenters. The normalized spacial score (nSPS) is 10.5. The number of aromatic hydroxyl groups is 1. The molecule has 0 radical (unpaired) electrons. The van der Waals surface area contributed by atoms with Crippen molar-refractivity contribution in [2.24, 2.45) is 0 Å². The summed E-state index contributed by atoms with van der Waals surface area (Å²) in [5, 5.41) is 10.1.